The zero-order chi connectivity index (χ0) is 70.1. The fourth-order valence-corrected chi connectivity index (χ4v) is 13.2. The second-order valence-electron chi connectivity index (χ2n) is 28.8. The summed E-state index contributed by atoms with van der Waals surface area (Å²) in [4.78, 5) is 72.8. The van der Waals surface area contributed by atoms with Crippen LogP contribution in [0.25, 0.3) is 0 Å². The number of phosphoric ester groups is 2. The second kappa shape index (κ2) is 66.6. The van der Waals surface area contributed by atoms with E-state index in [4.69, 9.17) is 37.0 Å². The summed E-state index contributed by atoms with van der Waals surface area (Å²) >= 11 is 0. The lowest BCUT2D eigenvalue weighted by molar-refractivity contribution is -0.161. The van der Waals surface area contributed by atoms with Crippen molar-refractivity contribution in [3.8, 4) is 0 Å². The molecule has 3 N–H and O–H groups in total. The molecule has 95 heavy (non-hydrogen) atoms. The van der Waals surface area contributed by atoms with Gasteiger partial charge in [-0.05, 0) is 43.4 Å². The minimum Gasteiger partial charge on any atom is -0.462 e. The molecule has 0 fully saturated rings. The summed E-state index contributed by atoms with van der Waals surface area (Å²) in [6.45, 7) is 11.9. The van der Waals surface area contributed by atoms with E-state index in [0.29, 0.717) is 25.7 Å². The van der Waals surface area contributed by atoms with Gasteiger partial charge in [-0.15, -0.1) is 0 Å². The van der Waals surface area contributed by atoms with Gasteiger partial charge in [-0.1, -0.05) is 337 Å². The SMILES string of the molecule is CCCCCCCCCCCCCCC(=O)O[C@H](COC(=O)CCCCCCCCCCC(C)C)COP(=O)(O)OC[C@H](O)COP(=O)(O)OC[C@@H](COC(=O)CCCCCCCCCCCCCC(C)C)OC(=O)CCCCCCCCCCCCCCCCCC(C)C. The molecule has 0 spiro atoms. The largest absolute Gasteiger partial charge is 0.472 e. The number of hydrogen-bond acceptors (Lipinski definition) is 15. The van der Waals surface area contributed by atoms with Crippen LogP contribution in [0.3, 0.4) is 0 Å². The quantitative estimate of drug-likeness (QED) is 0.0222. The van der Waals surface area contributed by atoms with Crippen molar-refractivity contribution in [2.45, 2.75) is 407 Å². The molecule has 0 aliphatic rings. The van der Waals surface area contributed by atoms with Crippen LogP contribution in [0.15, 0.2) is 0 Å². The van der Waals surface area contributed by atoms with E-state index in [0.717, 1.165) is 108 Å². The Kier molecular flexibility index (Phi) is 65.2. The molecule has 0 aromatic heterocycles. The number of carbonyl (C=O) groups excluding carboxylic acids is 4. The van der Waals surface area contributed by atoms with Gasteiger partial charge in [0.25, 0.3) is 0 Å². The molecule has 5 atom stereocenters. The molecule has 0 saturated carbocycles. The van der Waals surface area contributed by atoms with E-state index < -0.39 is 97.5 Å². The number of aliphatic hydroxyl groups excluding tert-OH is 1. The average molecular weight is 1400 g/mol. The Hall–Kier alpha value is -1.94. The summed E-state index contributed by atoms with van der Waals surface area (Å²) in [5, 5.41) is 10.6. The topological polar surface area (TPSA) is 237 Å². The van der Waals surface area contributed by atoms with Crippen LogP contribution in [-0.4, -0.2) is 96.7 Å². The first-order valence-corrected chi connectivity index (χ1v) is 42.3. The summed E-state index contributed by atoms with van der Waals surface area (Å²) in [6, 6.07) is 0. The number of aliphatic hydroxyl groups is 1. The lowest BCUT2D eigenvalue weighted by Gasteiger charge is -2.21. The van der Waals surface area contributed by atoms with Crippen LogP contribution in [0.2, 0.25) is 0 Å². The van der Waals surface area contributed by atoms with Gasteiger partial charge in [0, 0.05) is 25.7 Å². The second-order valence-corrected chi connectivity index (χ2v) is 31.7. The number of hydrogen-bond donors (Lipinski definition) is 3. The molecule has 0 aromatic carbocycles. The van der Waals surface area contributed by atoms with Crippen LogP contribution >= 0.6 is 15.6 Å². The summed E-state index contributed by atoms with van der Waals surface area (Å²) < 4.78 is 68.5. The predicted molar refractivity (Wildman–Crippen MR) is 386 cm³/mol. The molecule has 0 heterocycles. The predicted octanol–water partition coefficient (Wildman–Crippen LogP) is 22.2. The average Bonchev–Trinajstić information content (AvgIpc) is 2.47. The highest BCUT2D eigenvalue weighted by Crippen LogP contribution is 2.45. The normalized spacial score (nSPS) is 14.1. The first kappa shape index (κ1) is 93.1. The summed E-state index contributed by atoms with van der Waals surface area (Å²) in [5.41, 5.74) is 0. The van der Waals surface area contributed by atoms with Gasteiger partial charge in [-0.25, -0.2) is 9.13 Å². The number of esters is 4. The molecule has 0 rings (SSSR count). The van der Waals surface area contributed by atoms with Crippen LogP contribution in [0.4, 0.5) is 0 Å². The lowest BCUT2D eigenvalue weighted by Crippen LogP contribution is -2.30. The third-order valence-corrected chi connectivity index (χ3v) is 19.5. The molecule has 0 aliphatic carbocycles. The minimum absolute atomic E-state index is 0.107. The maximum absolute atomic E-state index is 13.1. The van der Waals surface area contributed by atoms with Crippen LogP contribution in [0.1, 0.15) is 389 Å². The highest BCUT2D eigenvalue weighted by molar-refractivity contribution is 7.47. The molecule has 19 heteroatoms. The summed E-state index contributed by atoms with van der Waals surface area (Å²) in [7, 11) is -9.91. The summed E-state index contributed by atoms with van der Waals surface area (Å²) in [5.74, 6) is 0.183. The maximum atomic E-state index is 13.1. The van der Waals surface area contributed by atoms with Crippen molar-refractivity contribution in [1.82, 2.24) is 0 Å². The van der Waals surface area contributed by atoms with Crippen LogP contribution in [0, 0.1) is 17.8 Å². The third kappa shape index (κ3) is 70.3. The minimum atomic E-state index is -4.96. The van der Waals surface area contributed by atoms with E-state index in [1.807, 2.05) is 0 Å². The third-order valence-electron chi connectivity index (χ3n) is 17.6. The lowest BCUT2D eigenvalue weighted by atomic mass is 10.0. The number of rotatable bonds is 74. The smallest absolute Gasteiger partial charge is 0.462 e. The van der Waals surface area contributed by atoms with Crippen molar-refractivity contribution in [1.29, 1.82) is 0 Å². The van der Waals surface area contributed by atoms with Crippen molar-refractivity contribution in [3.05, 3.63) is 0 Å². The van der Waals surface area contributed by atoms with E-state index in [1.54, 1.807) is 0 Å². The van der Waals surface area contributed by atoms with Gasteiger partial charge in [0.05, 0.1) is 26.4 Å². The molecule has 0 aromatic rings. The number of carbonyl (C=O) groups is 4. The standard InChI is InChI=1S/C76H148O17P2/c1-8-9-10-11-12-13-14-23-29-38-45-52-59-75(80)93-72(64-87-74(79)58-51-44-37-32-31-35-42-49-56-69(6)7)66-91-95(84,85)89-62-70(77)61-88-94(82,83)90-65-71(63-86-73(78)57-50-43-36-28-25-20-22-27-34-41-48-55-68(4)5)92-76(81)60-53-46-39-30-24-19-17-15-16-18-21-26-33-40-47-54-67(2)3/h67-72,77H,8-66H2,1-7H3,(H,82,83)(H,84,85)/t70-,71-,72-/m1/s1. The van der Waals surface area contributed by atoms with E-state index in [2.05, 4.69) is 48.5 Å². The Morgan fingerprint density at radius 2 is 0.484 bits per heavy atom. The van der Waals surface area contributed by atoms with Gasteiger partial charge in [0.1, 0.15) is 19.3 Å². The monoisotopic (exact) mass is 1400 g/mol. The van der Waals surface area contributed by atoms with Gasteiger partial charge < -0.3 is 33.8 Å². The Morgan fingerprint density at radius 3 is 0.716 bits per heavy atom. The van der Waals surface area contributed by atoms with Crippen molar-refractivity contribution >= 4 is 39.5 Å². The Morgan fingerprint density at radius 1 is 0.284 bits per heavy atom. The molecule has 564 valence electrons. The van der Waals surface area contributed by atoms with Crippen molar-refractivity contribution in [2.75, 3.05) is 39.6 Å². The van der Waals surface area contributed by atoms with Crippen molar-refractivity contribution in [2.24, 2.45) is 17.8 Å². The van der Waals surface area contributed by atoms with Crippen molar-refractivity contribution in [3.63, 3.8) is 0 Å². The first-order chi connectivity index (χ1) is 45.7. The first-order valence-electron chi connectivity index (χ1n) is 39.3. The highest BCUT2D eigenvalue weighted by Gasteiger charge is 2.30. The van der Waals surface area contributed by atoms with Gasteiger partial charge in [-0.3, -0.25) is 37.3 Å². The summed E-state index contributed by atoms with van der Waals surface area (Å²) in [6.07, 6.45) is 52.7. The Labute approximate surface area is 581 Å². The van der Waals surface area contributed by atoms with Gasteiger partial charge >= 0.3 is 39.5 Å². The number of ether oxygens (including phenoxy) is 4. The van der Waals surface area contributed by atoms with E-state index in [1.165, 1.54) is 199 Å². The molecule has 0 amide bonds. The van der Waals surface area contributed by atoms with E-state index >= 15 is 0 Å². The van der Waals surface area contributed by atoms with E-state index in [-0.39, 0.29) is 25.7 Å². The van der Waals surface area contributed by atoms with Gasteiger partial charge in [0.2, 0.25) is 0 Å². The van der Waals surface area contributed by atoms with Gasteiger partial charge in [-0.2, -0.15) is 0 Å². The van der Waals surface area contributed by atoms with Gasteiger partial charge in [0.15, 0.2) is 12.2 Å². The molecule has 0 aliphatic heterocycles. The Balaban J connectivity index is 5.25. The zero-order valence-corrected chi connectivity index (χ0v) is 63.9. The molecule has 17 nitrogen and oxygen atoms in total. The molecule has 2 unspecified atom stereocenters. The van der Waals surface area contributed by atoms with Crippen molar-refractivity contribution < 1.29 is 80.2 Å². The molecule has 0 saturated heterocycles. The molecule has 0 bridgehead atoms. The van der Waals surface area contributed by atoms with Crippen LogP contribution in [-0.2, 0) is 65.4 Å². The van der Waals surface area contributed by atoms with Crippen LogP contribution in [0.5, 0.6) is 0 Å². The highest BCUT2D eigenvalue weighted by atomic mass is 31.2. The number of phosphoric acid groups is 2. The zero-order valence-electron chi connectivity index (χ0n) is 62.1. The molecular formula is C76H148O17P2. The fourth-order valence-electron chi connectivity index (χ4n) is 11.6. The maximum Gasteiger partial charge on any atom is 0.472 e. The molecular weight excluding hydrogens is 1250 g/mol. The van der Waals surface area contributed by atoms with Crippen LogP contribution < -0.4 is 0 Å². The van der Waals surface area contributed by atoms with E-state index in [9.17, 15) is 43.2 Å². The number of unbranched alkanes of at least 4 members (excludes halogenated alkanes) is 42. The fraction of sp³-hybridized carbons (Fsp3) is 0.947. The Bertz CT molecular complexity index is 1850. The molecule has 0 radical (unpaired) electrons.